The fraction of sp³-hybridized carbons (Fsp3) is 0.393. The molecule has 1 saturated heterocycles. The van der Waals surface area contributed by atoms with Crippen molar-refractivity contribution in [1.82, 2.24) is 9.80 Å². The van der Waals surface area contributed by atoms with Gasteiger partial charge in [-0.1, -0.05) is 36.0 Å². The van der Waals surface area contributed by atoms with E-state index < -0.39 is 11.2 Å². The molecular formula is C28H32N4O5S. The number of hydrogen-bond acceptors (Lipinski definition) is 7. The van der Waals surface area contributed by atoms with Crippen LogP contribution in [0.25, 0.3) is 0 Å². The first-order chi connectivity index (χ1) is 18.3. The Morgan fingerprint density at radius 1 is 1.08 bits per heavy atom. The number of carbonyl (C=O) groups excluding carboxylic acids is 4. The molecule has 4 rings (SSSR count). The number of anilines is 1. The van der Waals surface area contributed by atoms with Crippen molar-refractivity contribution in [2.45, 2.75) is 44.4 Å². The van der Waals surface area contributed by atoms with Crippen LogP contribution in [0, 0.1) is 6.92 Å². The summed E-state index contributed by atoms with van der Waals surface area (Å²) in [6, 6.07) is 14.0. The number of esters is 1. The molecule has 0 bridgehead atoms. The lowest BCUT2D eigenvalue weighted by molar-refractivity contribution is -0.133. The summed E-state index contributed by atoms with van der Waals surface area (Å²) in [6.07, 6.45) is 3.38. The fourth-order valence-electron chi connectivity index (χ4n) is 4.25. The number of thioether (sulfide) groups is 1. The van der Waals surface area contributed by atoms with Crippen LogP contribution in [-0.4, -0.2) is 70.7 Å². The highest BCUT2D eigenvalue weighted by molar-refractivity contribution is 8.15. The van der Waals surface area contributed by atoms with Gasteiger partial charge in [-0.3, -0.25) is 14.4 Å². The Morgan fingerprint density at radius 2 is 1.79 bits per heavy atom. The summed E-state index contributed by atoms with van der Waals surface area (Å²) in [4.78, 5) is 57.4. The highest BCUT2D eigenvalue weighted by Gasteiger charge is 2.33. The molecule has 2 aliphatic rings. The second-order valence-electron chi connectivity index (χ2n) is 9.47. The summed E-state index contributed by atoms with van der Waals surface area (Å²) >= 11 is 1.35. The smallest absolute Gasteiger partial charge is 0.338 e. The van der Waals surface area contributed by atoms with Gasteiger partial charge in [-0.05, 0) is 61.6 Å². The Labute approximate surface area is 226 Å². The molecule has 0 saturated carbocycles. The Kier molecular flexibility index (Phi) is 9.17. The molecule has 0 unspecified atom stereocenters. The van der Waals surface area contributed by atoms with E-state index in [-0.39, 0.29) is 36.3 Å². The average molecular weight is 537 g/mol. The van der Waals surface area contributed by atoms with Crippen molar-refractivity contribution in [2.24, 2.45) is 4.99 Å². The van der Waals surface area contributed by atoms with Crippen molar-refractivity contribution in [3.05, 3.63) is 65.2 Å². The molecule has 9 nitrogen and oxygen atoms in total. The van der Waals surface area contributed by atoms with Gasteiger partial charge in [0.25, 0.3) is 11.8 Å². The van der Waals surface area contributed by atoms with E-state index in [1.807, 2.05) is 31.2 Å². The maximum Gasteiger partial charge on any atom is 0.338 e. The van der Waals surface area contributed by atoms with E-state index >= 15 is 0 Å². The quantitative estimate of drug-likeness (QED) is 0.514. The van der Waals surface area contributed by atoms with Crippen LogP contribution < -0.4 is 5.32 Å². The number of ether oxygens (including phenoxy) is 1. The summed E-state index contributed by atoms with van der Waals surface area (Å²) in [7, 11) is 1.67. The van der Waals surface area contributed by atoms with Gasteiger partial charge in [0.05, 0.1) is 5.56 Å². The number of amidine groups is 1. The molecule has 0 aliphatic carbocycles. The van der Waals surface area contributed by atoms with Gasteiger partial charge in [0.2, 0.25) is 5.91 Å². The summed E-state index contributed by atoms with van der Waals surface area (Å²) in [5.74, 6) is -1.51. The van der Waals surface area contributed by atoms with Crippen molar-refractivity contribution >= 4 is 46.3 Å². The number of piperidine rings is 1. The first-order valence-electron chi connectivity index (χ1n) is 12.7. The molecule has 200 valence electrons. The molecule has 2 aliphatic heterocycles. The predicted molar refractivity (Wildman–Crippen MR) is 147 cm³/mol. The molecule has 10 heteroatoms. The van der Waals surface area contributed by atoms with Gasteiger partial charge >= 0.3 is 5.97 Å². The molecule has 1 atom stereocenters. The Hall–Kier alpha value is -3.66. The van der Waals surface area contributed by atoms with Crippen LogP contribution in [0.4, 0.5) is 5.69 Å². The lowest BCUT2D eigenvalue weighted by Gasteiger charge is -2.27. The summed E-state index contributed by atoms with van der Waals surface area (Å²) < 4.78 is 5.19. The zero-order valence-electron chi connectivity index (χ0n) is 21.6. The maximum absolute atomic E-state index is 12.5. The van der Waals surface area contributed by atoms with Gasteiger partial charge in [0.15, 0.2) is 11.8 Å². The van der Waals surface area contributed by atoms with Crippen molar-refractivity contribution < 1.29 is 23.9 Å². The minimum absolute atomic E-state index is 0.0201. The standard InChI is InChI=1S/C28H32N4O5S/c1-19-8-4-5-9-21(19)17-31(2)25(34)18-37-27(36)20-10-12-22(13-11-20)29-24(33)16-23-26(35)30-28(38-23)32-14-6-3-7-15-32/h4-5,8-13,23H,3,6-7,14-18H2,1-2H3,(H,29,33)/t23-/m0/s1. The van der Waals surface area contributed by atoms with E-state index in [1.165, 1.54) is 35.2 Å². The van der Waals surface area contributed by atoms with Crippen LogP contribution in [0.3, 0.4) is 0 Å². The van der Waals surface area contributed by atoms with E-state index in [0.717, 1.165) is 42.2 Å². The van der Waals surface area contributed by atoms with Crippen LogP contribution in [0.15, 0.2) is 53.5 Å². The van der Waals surface area contributed by atoms with Gasteiger partial charge < -0.3 is 19.9 Å². The molecule has 1 N–H and O–H groups in total. The van der Waals surface area contributed by atoms with Gasteiger partial charge in [-0.2, -0.15) is 4.99 Å². The number of aryl methyl sites for hydroxylation is 1. The van der Waals surface area contributed by atoms with E-state index in [2.05, 4.69) is 15.2 Å². The topological polar surface area (TPSA) is 108 Å². The molecule has 0 radical (unpaired) electrons. The third-order valence-corrected chi connectivity index (χ3v) is 7.77. The summed E-state index contributed by atoms with van der Waals surface area (Å²) in [5.41, 5.74) is 2.87. The molecule has 38 heavy (non-hydrogen) atoms. The lowest BCUT2D eigenvalue weighted by Crippen LogP contribution is -2.33. The first kappa shape index (κ1) is 27.4. The summed E-state index contributed by atoms with van der Waals surface area (Å²) in [5, 5.41) is 2.95. The Balaban J connectivity index is 1.21. The summed E-state index contributed by atoms with van der Waals surface area (Å²) in [6.45, 7) is 3.83. The number of nitrogens with zero attached hydrogens (tertiary/aromatic N) is 3. The van der Waals surface area contributed by atoms with E-state index in [0.29, 0.717) is 12.2 Å². The van der Waals surface area contributed by atoms with Gasteiger partial charge in [-0.25, -0.2) is 4.79 Å². The van der Waals surface area contributed by atoms with Crippen LogP contribution in [-0.2, 0) is 25.7 Å². The number of carbonyl (C=O) groups is 4. The number of nitrogens with one attached hydrogen (secondary N) is 1. The van der Waals surface area contributed by atoms with Gasteiger partial charge in [0.1, 0.15) is 5.25 Å². The van der Waals surface area contributed by atoms with E-state index in [1.54, 1.807) is 19.2 Å². The van der Waals surface area contributed by atoms with E-state index in [4.69, 9.17) is 4.74 Å². The second kappa shape index (κ2) is 12.7. The minimum Gasteiger partial charge on any atom is -0.452 e. The fourth-order valence-corrected chi connectivity index (χ4v) is 5.37. The number of amides is 3. The van der Waals surface area contributed by atoms with Crippen LogP contribution in [0.5, 0.6) is 0 Å². The molecule has 1 fully saturated rings. The molecular weight excluding hydrogens is 504 g/mol. The third-order valence-electron chi connectivity index (χ3n) is 6.55. The molecule has 2 heterocycles. The van der Waals surface area contributed by atoms with Crippen molar-refractivity contribution in [2.75, 3.05) is 32.1 Å². The maximum atomic E-state index is 12.5. The van der Waals surface area contributed by atoms with Crippen LogP contribution in [0.2, 0.25) is 0 Å². The zero-order valence-corrected chi connectivity index (χ0v) is 22.5. The number of likely N-dealkylation sites (tertiary alicyclic amines) is 1. The highest BCUT2D eigenvalue weighted by atomic mass is 32.2. The van der Waals surface area contributed by atoms with Gasteiger partial charge in [0, 0.05) is 38.8 Å². The van der Waals surface area contributed by atoms with Crippen molar-refractivity contribution in [1.29, 1.82) is 0 Å². The molecule has 2 aromatic rings. The number of benzene rings is 2. The third kappa shape index (κ3) is 7.22. The normalized spacial score (nSPS) is 17.1. The van der Waals surface area contributed by atoms with Crippen LogP contribution >= 0.6 is 11.8 Å². The van der Waals surface area contributed by atoms with Gasteiger partial charge in [-0.15, -0.1) is 0 Å². The number of aliphatic imine (C=N–C) groups is 1. The zero-order chi connectivity index (χ0) is 27.1. The van der Waals surface area contributed by atoms with E-state index in [9.17, 15) is 19.2 Å². The molecule has 0 spiro atoms. The lowest BCUT2D eigenvalue weighted by atomic mass is 10.1. The Morgan fingerprint density at radius 3 is 2.50 bits per heavy atom. The molecule has 3 amide bonds. The number of likely N-dealkylation sites (N-methyl/N-ethyl adjacent to an activating group) is 1. The SMILES string of the molecule is Cc1ccccc1CN(C)C(=O)COC(=O)c1ccc(NC(=O)C[C@@H]2SC(N3CCCCC3)=NC2=O)cc1. The highest BCUT2D eigenvalue weighted by Crippen LogP contribution is 2.29. The predicted octanol–water partition coefficient (Wildman–Crippen LogP) is 3.62. The first-order valence-corrected chi connectivity index (χ1v) is 13.6. The average Bonchev–Trinajstić information content (AvgIpc) is 3.28. The molecule has 0 aromatic heterocycles. The second-order valence-corrected chi connectivity index (χ2v) is 10.6. The monoisotopic (exact) mass is 536 g/mol. The number of rotatable bonds is 8. The van der Waals surface area contributed by atoms with Crippen LogP contribution in [0.1, 0.15) is 47.2 Å². The minimum atomic E-state index is -0.629. The molecule has 2 aromatic carbocycles. The number of hydrogen-bond donors (Lipinski definition) is 1. The van der Waals surface area contributed by atoms with Crippen molar-refractivity contribution in [3.63, 3.8) is 0 Å². The Bertz CT molecular complexity index is 1220. The van der Waals surface area contributed by atoms with Crippen molar-refractivity contribution in [3.8, 4) is 0 Å². The largest absolute Gasteiger partial charge is 0.452 e.